The first kappa shape index (κ1) is 19.5. The molecule has 1 saturated heterocycles. The third kappa shape index (κ3) is 3.84. The number of thioether (sulfide) groups is 1. The minimum Gasteiger partial charge on any atom is -0.462 e. The highest BCUT2D eigenvalue weighted by Crippen LogP contribution is 2.39. The number of benzene rings is 1. The van der Waals surface area contributed by atoms with Crippen molar-refractivity contribution in [3.05, 3.63) is 29.8 Å². The van der Waals surface area contributed by atoms with Gasteiger partial charge in [-0.25, -0.2) is 0 Å². The molecule has 2 aromatic rings. The average Bonchev–Trinajstić information content (AvgIpc) is 3.35. The van der Waals surface area contributed by atoms with Crippen LogP contribution in [-0.2, 0) is 14.9 Å². The van der Waals surface area contributed by atoms with Crippen LogP contribution in [0.25, 0.3) is 11.4 Å². The normalized spacial score (nSPS) is 23.4. The fraction of sp³-hybridized carbons (Fsp3) is 0.591. The van der Waals surface area contributed by atoms with Crippen molar-refractivity contribution in [1.29, 1.82) is 0 Å². The first-order chi connectivity index (χ1) is 13.3. The van der Waals surface area contributed by atoms with Gasteiger partial charge >= 0.3 is 5.97 Å². The minimum absolute atomic E-state index is 0.0164. The van der Waals surface area contributed by atoms with E-state index in [-0.39, 0.29) is 22.7 Å². The van der Waals surface area contributed by atoms with Crippen molar-refractivity contribution in [2.24, 2.45) is 0 Å². The number of cyclic esters (lactones) is 1. The van der Waals surface area contributed by atoms with Crippen molar-refractivity contribution in [3.63, 3.8) is 0 Å². The summed E-state index contributed by atoms with van der Waals surface area (Å²) in [7, 11) is 0. The summed E-state index contributed by atoms with van der Waals surface area (Å²) in [5, 5.41) is 9.71. The second-order valence-corrected chi connectivity index (χ2v) is 10.2. The molecule has 0 spiro atoms. The monoisotopic (exact) mass is 399 g/mol. The second-order valence-electron chi connectivity index (χ2n) is 9.03. The Hall–Kier alpha value is -1.82. The van der Waals surface area contributed by atoms with Crippen LogP contribution in [0.3, 0.4) is 0 Å². The molecule has 0 radical (unpaired) electrons. The van der Waals surface area contributed by atoms with Gasteiger partial charge in [0.2, 0.25) is 0 Å². The van der Waals surface area contributed by atoms with E-state index in [1.54, 1.807) is 0 Å². The van der Waals surface area contributed by atoms with E-state index >= 15 is 0 Å². The van der Waals surface area contributed by atoms with Gasteiger partial charge < -0.3 is 4.74 Å². The van der Waals surface area contributed by atoms with E-state index in [4.69, 9.17) is 4.74 Å². The second kappa shape index (κ2) is 7.54. The average molecular weight is 400 g/mol. The van der Waals surface area contributed by atoms with E-state index in [0.29, 0.717) is 6.04 Å². The molecule has 1 aliphatic heterocycles. The maximum absolute atomic E-state index is 12.1. The van der Waals surface area contributed by atoms with Crippen molar-refractivity contribution >= 4 is 17.7 Å². The molecular formula is C22H29N3O2S. The molecule has 2 atom stereocenters. The van der Waals surface area contributed by atoms with Crippen LogP contribution in [0.5, 0.6) is 0 Å². The van der Waals surface area contributed by atoms with Crippen molar-refractivity contribution in [1.82, 2.24) is 14.8 Å². The van der Waals surface area contributed by atoms with Gasteiger partial charge in [0, 0.05) is 18.0 Å². The summed E-state index contributed by atoms with van der Waals surface area (Å²) in [6, 6.07) is 9.08. The Kier molecular flexibility index (Phi) is 5.25. The Balaban J connectivity index is 1.67. The molecule has 0 bridgehead atoms. The summed E-state index contributed by atoms with van der Waals surface area (Å²) < 4.78 is 7.61. The van der Waals surface area contributed by atoms with Gasteiger partial charge in [-0.1, -0.05) is 69.6 Å². The molecule has 2 aliphatic rings. The maximum Gasteiger partial charge on any atom is 0.319 e. The quantitative estimate of drug-likeness (QED) is 0.665. The molecule has 5 nitrogen and oxygen atoms in total. The third-order valence-corrected chi connectivity index (χ3v) is 6.90. The molecule has 150 valence electrons. The summed E-state index contributed by atoms with van der Waals surface area (Å²) in [6.45, 7) is 8.61. The number of carbonyl (C=O) groups is 1. The van der Waals surface area contributed by atoms with Crippen LogP contribution in [0.4, 0.5) is 0 Å². The molecular weight excluding hydrogens is 370 g/mol. The molecule has 1 aromatic heterocycles. The third-order valence-electron chi connectivity index (χ3n) is 5.74. The Bertz CT molecular complexity index is 848. The highest BCUT2D eigenvalue weighted by Gasteiger charge is 2.35. The Morgan fingerprint density at radius 2 is 1.79 bits per heavy atom. The van der Waals surface area contributed by atoms with E-state index in [9.17, 15) is 4.79 Å². The van der Waals surface area contributed by atoms with Crippen LogP contribution in [0.2, 0.25) is 0 Å². The molecule has 4 rings (SSSR count). The lowest BCUT2D eigenvalue weighted by molar-refractivity contribution is -0.140. The highest BCUT2D eigenvalue weighted by atomic mass is 32.2. The molecule has 2 unspecified atom stereocenters. The van der Waals surface area contributed by atoms with Crippen LogP contribution in [0, 0.1) is 0 Å². The maximum atomic E-state index is 12.1. The number of nitrogens with zero attached hydrogens (tertiary/aromatic N) is 3. The first-order valence-electron chi connectivity index (χ1n) is 10.3. The smallest absolute Gasteiger partial charge is 0.319 e. The van der Waals surface area contributed by atoms with Gasteiger partial charge in [-0.3, -0.25) is 9.36 Å². The van der Waals surface area contributed by atoms with Crippen LogP contribution in [0.1, 0.15) is 71.4 Å². The molecule has 0 amide bonds. The number of aromatic nitrogens is 3. The Morgan fingerprint density at radius 3 is 2.36 bits per heavy atom. The van der Waals surface area contributed by atoms with Crippen LogP contribution in [-0.4, -0.2) is 32.1 Å². The van der Waals surface area contributed by atoms with Gasteiger partial charge in [-0.05, 0) is 30.7 Å². The standard InChI is InChI=1S/C22H29N3O2S/c1-14-13-18(20(26)27-14)28-21-24-23-19(25(21)17-7-5-6-8-17)15-9-11-16(12-10-15)22(2,3)4/h9-12,14,17-18H,5-8,13H2,1-4H3. The Labute approximate surface area is 171 Å². The molecule has 1 saturated carbocycles. The summed E-state index contributed by atoms with van der Waals surface area (Å²) in [5.41, 5.74) is 2.51. The molecule has 1 aliphatic carbocycles. The summed E-state index contributed by atoms with van der Waals surface area (Å²) in [5.74, 6) is 0.781. The van der Waals surface area contributed by atoms with Crippen LogP contribution >= 0.6 is 11.8 Å². The van der Waals surface area contributed by atoms with Gasteiger partial charge in [-0.2, -0.15) is 0 Å². The molecule has 2 heterocycles. The molecule has 2 fully saturated rings. The van der Waals surface area contributed by atoms with Crippen LogP contribution < -0.4 is 0 Å². The number of esters is 1. The van der Waals surface area contributed by atoms with Crippen molar-refractivity contribution < 1.29 is 9.53 Å². The lowest BCUT2D eigenvalue weighted by Gasteiger charge is -2.20. The summed E-state index contributed by atoms with van der Waals surface area (Å²) in [6.07, 6.45) is 5.47. The largest absolute Gasteiger partial charge is 0.462 e. The van der Waals surface area contributed by atoms with Crippen LogP contribution in [0.15, 0.2) is 29.4 Å². The van der Waals surface area contributed by atoms with E-state index < -0.39 is 0 Å². The number of hydrogen-bond acceptors (Lipinski definition) is 5. The summed E-state index contributed by atoms with van der Waals surface area (Å²) in [4.78, 5) is 12.1. The van der Waals surface area contributed by atoms with Gasteiger partial charge in [-0.15, -0.1) is 10.2 Å². The Morgan fingerprint density at radius 1 is 1.11 bits per heavy atom. The fourth-order valence-electron chi connectivity index (χ4n) is 4.11. The van der Waals surface area contributed by atoms with Gasteiger partial charge in [0.25, 0.3) is 0 Å². The first-order valence-corrected chi connectivity index (χ1v) is 11.1. The molecule has 6 heteroatoms. The minimum atomic E-state index is -0.185. The lowest BCUT2D eigenvalue weighted by Crippen LogP contribution is -2.14. The van der Waals surface area contributed by atoms with Crippen molar-refractivity contribution in [2.75, 3.05) is 0 Å². The zero-order chi connectivity index (χ0) is 19.9. The van der Waals surface area contributed by atoms with Gasteiger partial charge in [0.15, 0.2) is 11.0 Å². The zero-order valence-electron chi connectivity index (χ0n) is 17.1. The van der Waals surface area contributed by atoms with E-state index in [2.05, 4.69) is 59.8 Å². The SMILES string of the molecule is CC1CC(Sc2nnc(-c3ccc(C(C)(C)C)cc3)n2C2CCCC2)C(=O)O1. The number of rotatable bonds is 4. The number of carbonyl (C=O) groups excluding carboxylic acids is 1. The fourth-order valence-corrected chi connectivity index (χ4v) is 5.32. The van der Waals surface area contributed by atoms with Gasteiger partial charge in [0.05, 0.1) is 0 Å². The summed E-state index contributed by atoms with van der Waals surface area (Å²) >= 11 is 1.51. The molecule has 1 aromatic carbocycles. The number of ether oxygens (including phenoxy) is 1. The van der Waals surface area contributed by atoms with Crippen molar-refractivity contribution in [2.45, 2.75) is 87.8 Å². The lowest BCUT2D eigenvalue weighted by atomic mass is 9.86. The predicted octanol–water partition coefficient (Wildman–Crippen LogP) is 5.15. The van der Waals surface area contributed by atoms with E-state index in [0.717, 1.165) is 35.8 Å². The topological polar surface area (TPSA) is 57.0 Å². The van der Waals surface area contributed by atoms with E-state index in [1.165, 1.54) is 30.2 Å². The zero-order valence-corrected chi connectivity index (χ0v) is 18.0. The van der Waals surface area contributed by atoms with Gasteiger partial charge in [0.1, 0.15) is 11.4 Å². The highest BCUT2D eigenvalue weighted by molar-refractivity contribution is 8.00. The predicted molar refractivity (Wildman–Crippen MR) is 111 cm³/mol. The number of hydrogen-bond donors (Lipinski definition) is 0. The molecule has 0 N–H and O–H groups in total. The van der Waals surface area contributed by atoms with Crippen molar-refractivity contribution in [3.8, 4) is 11.4 Å². The molecule has 28 heavy (non-hydrogen) atoms. The van der Waals surface area contributed by atoms with E-state index in [1.807, 2.05) is 6.92 Å².